The van der Waals surface area contributed by atoms with Crippen molar-refractivity contribution in [2.75, 3.05) is 26.4 Å². The smallest absolute Gasteiger partial charge is 0.394 e. The fraction of sp³-hybridized carbons (Fsp3) is 1.00. The summed E-state index contributed by atoms with van der Waals surface area (Å²) < 4.78 is 60.2. The Balaban J connectivity index is 4.63. The van der Waals surface area contributed by atoms with Gasteiger partial charge in [0.15, 0.2) is 0 Å². The van der Waals surface area contributed by atoms with Crippen LogP contribution < -0.4 is 9.44 Å². The average molecular weight is 282 g/mol. The van der Waals surface area contributed by atoms with Crippen molar-refractivity contribution in [2.45, 2.75) is 11.7 Å². The van der Waals surface area contributed by atoms with Crippen molar-refractivity contribution in [1.29, 1.82) is 0 Å². The van der Waals surface area contributed by atoms with Crippen molar-refractivity contribution in [2.24, 2.45) is 0 Å². The third kappa shape index (κ3) is 6.14. The van der Waals surface area contributed by atoms with Crippen molar-refractivity contribution >= 4 is 10.2 Å². The molecule has 5 N–H and O–H groups in total. The summed E-state index contributed by atoms with van der Waals surface area (Å²) in [6.45, 7) is -4.74. The molecule has 0 fully saturated rings. The van der Waals surface area contributed by atoms with Crippen LogP contribution in [-0.4, -0.2) is 61.8 Å². The molecule has 0 aliphatic rings. The molecule has 11 heteroatoms. The lowest BCUT2D eigenvalue weighted by Gasteiger charge is -2.28. The van der Waals surface area contributed by atoms with Crippen LogP contribution in [0.5, 0.6) is 0 Å². The monoisotopic (exact) mass is 282 g/mol. The standard InChI is InChI=1S/C6H13F3N2O5S/c7-6(8,9)1-10-17(15,16)11-5(2-12,3-13)4-14/h10-14H,1-4H2. The summed E-state index contributed by atoms with van der Waals surface area (Å²) in [5.74, 6) is 0. The van der Waals surface area contributed by atoms with Crippen LogP contribution in [0.4, 0.5) is 13.2 Å². The van der Waals surface area contributed by atoms with E-state index in [1.165, 1.54) is 4.72 Å². The number of aliphatic hydroxyl groups is 3. The quantitative estimate of drug-likeness (QED) is 0.359. The molecule has 0 aliphatic heterocycles. The maximum absolute atomic E-state index is 11.8. The molecule has 0 aliphatic carbocycles. The summed E-state index contributed by atoms with van der Waals surface area (Å²) >= 11 is 0. The summed E-state index contributed by atoms with van der Waals surface area (Å²) in [6.07, 6.45) is -4.74. The first kappa shape index (κ1) is 16.5. The predicted molar refractivity (Wildman–Crippen MR) is 50.1 cm³/mol. The predicted octanol–water partition coefficient (Wildman–Crippen LogP) is -2.31. The number of nitrogens with one attached hydrogen (secondary N) is 2. The van der Waals surface area contributed by atoms with Crippen molar-refractivity contribution in [3.63, 3.8) is 0 Å². The Labute approximate surface area is 95.4 Å². The molecular formula is C6H13F3N2O5S. The van der Waals surface area contributed by atoms with Crippen LogP contribution in [0, 0.1) is 0 Å². The Morgan fingerprint density at radius 2 is 1.41 bits per heavy atom. The van der Waals surface area contributed by atoms with Gasteiger partial charge in [-0.25, -0.2) is 0 Å². The molecule has 0 atom stereocenters. The molecule has 0 spiro atoms. The molecule has 0 aromatic heterocycles. The molecule has 0 saturated carbocycles. The molecule has 17 heavy (non-hydrogen) atoms. The van der Waals surface area contributed by atoms with Gasteiger partial charge in [0, 0.05) is 0 Å². The van der Waals surface area contributed by atoms with E-state index >= 15 is 0 Å². The minimum absolute atomic E-state index is 0.979. The van der Waals surface area contributed by atoms with Crippen LogP contribution >= 0.6 is 0 Å². The Bertz CT molecular complexity index is 319. The molecule has 0 amide bonds. The van der Waals surface area contributed by atoms with Gasteiger partial charge in [-0.3, -0.25) is 0 Å². The lowest BCUT2D eigenvalue weighted by Crippen LogP contribution is -2.60. The second kappa shape index (κ2) is 5.93. The van der Waals surface area contributed by atoms with E-state index in [9.17, 15) is 21.6 Å². The first-order valence-electron chi connectivity index (χ1n) is 4.27. The van der Waals surface area contributed by atoms with Crippen LogP contribution in [-0.2, 0) is 10.2 Å². The van der Waals surface area contributed by atoms with Gasteiger partial charge in [-0.2, -0.15) is 31.0 Å². The maximum atomic E-state index is 11.8. The third-order valence-corrected chi connectivity index (χ3v) is 2.95. The van der Waals surface area contributed by atoms with Gasteiger partial charge in [0.25, 0.3) is 10.2 Å². The van der Waals surface area contributed by atoms with E-state index in [0.717, 1.165) is 4.72 Å². The zero-order chi connectivity index (χ0) is 13.7. The minimum Gasteiger partial charge on any atom is -0.394 e. The lowest BCUT2D eigenvalue weighted by molar-refractivity contribution is -0.121. The van der Waals surface area contributed by atoms with Crippen LogP contribution in [0.2, 0.25) is 0 Å². The molecule has 7 nitrogen and oxygen atoms in total. The Hall–Kier alpha value is -0.460. The Kier molecular flexibility index (Phi) is 5.77. The molecular weight excluding hydrogens is 269 g/mol. The van der Waals surface area contributed by atoms with Gasteiger partial charge < -0.3 is 15.3 Å². The van der Waals surface area contributed by atoms with E-state index in [-0.39, 0.29) is 0 Å². The first-order valence-corrected chi connectivity index (χ1v) is 5.76. The normalized spacial score (nSPS) is 14.0. The summed E-state index contributed by atoms with van der Waals surface area (Å²) in [4.78, 5) is 0. The maximum Gasteiger partial charge on any atom is 0.402 e. The zero-order valence-corrected chi connectivity index (χ0v) is 9.35. The molecule has 104 valence electrons. The molecule has 0 rings (SSSR count). The highest BCUT2D eigenvalue weighted by molar-refractivity contribution is 7.87. The summed E-state index contributed by atoms with van der Waals surface area (Å²) in [7, 11) is -4.61. The molecule has 0 aromatic rings. The number of hydrogen-bond donors (Lipinski definition) is 5. The number of rotatable bonds is 7. The third-order valence-electron chi connectivity index (χ3n) is 1.72. The van der Waals surface area contributed by atoms with Gasteiger partial charge in [-0.1, -0.05) is 0 Å². The number of alkyl halides is 3. The average Bonchev–Trinajstić information content (AvgIpc) is 2.23. The van der Waals surface area contributed by atoms with Gasteiger partial charge in [0.2, 0.25) is 0 Å². The summed E-state index contributed by atoms with van der Waals surface area (Å²) in [5, 5.41) is 26.3. The molecule has 0 radical (unpaired) electrons. The highest BCUT2D eigenvalue weighted by Gasteiger charge is 2.35. The fourth-order valence-electron chi connectivity index (χ4n) is 0.745. The van der Waals surface area contributed by atoms with Crippen molar-refractivity contribution < 1.29 is 36.9 Å². The summed E-state index contributed by atoms with van der Waals surface area (Å²) in [6, 6.07) is 0. The van der Waals surface area contributed by atoms with E-state index < -0.39 is 48.3 Å². The molecule has 0 bridgehead atoms. The van der Waals surface area contributed by atoms with E-state index in [2.05, 4.69) is 0 Å². The van der Waals surface area contributed by atoms with Gasteiger partial charge in [-0.15, -0.1) is 0 Å². The zero-order valence-electron chi connectivity index (χ0n) is 8.53. The molecule has 0 heterocycles. The van der Waals surface area contributed by atoms with E-state index in [4.69, 9.17) is 15.3 Å². The van der Waals surface area contributed by atoms with Crippen LogP contribution in [0.25, 0.3) is 0 Å². The van der Waals surface area contributed by atoms with Crippen LogP contribution in [0.1, 0.15) is 0 Å². The van der Waals surface area contributed by atoms with Crippen LogP contribution in [0.3, 0.4) is 0 Å². The topological polar surface area (TPSA) is 119 Å². The number of halogens is 3. The highest BCUT2D eigenvalue weighted by atomic mass is 32.2. The minimum atomic E-state index is -4.74. The van der Waals surface area contributed by atoms with E-state index in [1.807, 2.05) is 0 Å². The fourth-order valence-corrected chi connectivity index (χ4v) is 1.93. The number of hydrogen-bond acceptors (Lipinski definition) is 5. The Morgan fingerprint density at radius 3 is 1.71 bits per heavy atom. The van der Waals surface area contributed by atoms with Crippen LogP contribution in [0.15, 0.2) is 0 Å². The highest BCUT2D eigenvalue weighted by Crippen LogP contribution is 2.13. The van der Waals surface area contributed by atoms with Gasteiger partial charge >= 0.3 is 6.18 Å². The van der Waals surface area contributed by atoms with Gasteiger partial charge in [0.1, 0.15) is 12.1 Å². The van der Waals surface area contributed by atoms with Gasteiger partial charge in [0.05, 0.1) is 19.8 Å². The first-order chi connectivity index (χ1) is 7.60. The van der Waals surface area contributed by atoms with E-state index in [0.29, 0.717) is 0 Å². The second-order valence-corrected chi connectivity index (χ2v) is 4.80. The Morgan fingerprint density at radius 1 is 1.00 bits per heavy atom. The largest absolute Gasteiger partial charge is 0.402 e. The van der Waals surface area contributed by atoms with Crippen molar-refractivity contribution in [3.8, 4) is 0 Å². The van der Waals surface area contributed by atoms with Gasteiger partial charge in [-0.05, 0) is 0 Å². The lowest BCUT2D eigenvalue weighted by atomic mass is 10.1. The van der Waals surface area contributed by atoms with E-state index in [1.54, 1.807) is 0 Å². The molecule has 0 unspecified atom stereocenters. The SMILES string of the molecule is O=S(=O)(NCC(F)(F)F)NC(CO)(CO)CO. The molecule has 0 saturated heterocycles. The summed E-state index contributed by atoms with van der Waals surface area (Å²) in [5.41, 5.74) is -2.02. The second-order valence-electron chi connectivity index (χ2n) is 3.30. The van der Waals surface area contributed by atoms with Crippen molar-refractivity contribution in [1.82, 2.24) is 9.44 Å². The molecule has 0 aromatic carbocycles. The number of aliphatic hydroxyl groups excluding tert-OH is 3. The van der Waals surface area contributed by atoms with Crippen molar-refractivity contribution in [3.05, 3.63) is 0 Å².